The number of ether oxygens (including phenoxy) is 1. The summed E-state index contributed by atoms with van der Waals surface area (Å²) in [5, 5.41) is 3.99. The van der Waals surface area contributed by atoms with Crippen LogP contribution in [0.3, 0.4) is 0 Å². The topological polar surface area (TPSA) is 87.5 Å². The van der Waals surface area contributed by atoms with Crippen molar-refractivity contribution in [2.75, 3.05) is 12.8 Å². The molecule has 2 N–H and O–H groups in total. The number of nitrogen functional groups attached to an aromatic ring is 1. The van der Waals surface area contributed by atoms with Crippen LogP contribution in [-0.4, -0.2) is 22.8 Å². The first-order valence-corrected chi connectivity index (χ1v) is 5.43. The SMILES string of the molecule is COc1cc(F)cc(C2=N[N]c3ncnc(N)c32)c1. The minimum atomic E-state index is -0.430. The van der Waals surface area contributed by atoms with Crippen molar-refractivity contribution in [3.8, 4) is 5.75 Å². The molecule has 0 saturated carbocycles. The second-order valence-corrected chi connectivity index (χ2v) is 3.89. The van der Waals surface area contributed by atoms with Crippen molar-refractivity contribution in [2.24, 2.45) is 5.10 Å². The monoisotopic (exact) mass is 258 g/mol. The van der Waals surface area contributed by atoms with E-state index >= 15 is 0 Å². The molecule has 2 aromatic rings. The zero-order valence-electron chi connectivity index (χ0n) is 9.96. The molecule has 1 aliphatic rings. The smallest absolute Gasteiger partial charge is 0.189 e. The van der Waals surface area contributed by atoms with E-state index in [-0.39, 0.29) is 5.82 Å². The van der Waals surface area contributed by atoms with Crippen molar-refractivity contribution >= 4 is 17.3 Å². The van der Waals surface area contributed by atoms with E-state index in [4.69, 9.17) is 10.5 Å². The minimum Gasteiger partial charge on any atom is -0.497 e. The Morgan fingerprint density at radius 2 is 2.05 bits per heavy atom. The molecule has 0 spiro atoms. The van der Waals surface area contributed by atoms with E-state index in [9.17, 15) is 4.39 Å². The third-order valence-electron chi connectivity index (χ3n) is 2.72. The summed E-state index contributed by atoms with van der Waals surface area (Å²) in [5.41, 5.74) is 11.1. The van der Waals surface area contributed by atoms with Gasteiger partial charge < -0.3 is 10.5 Å². The molecular weight excluding hydrogens is 249 g/mol. The molecule has 19 heavy (non-hydrogen) atoms. The number of fused-ring (bicyclic) bond motifs is 1. The zero-order chi connectivity index (χ0) is 13.4. The molecule has 7 heteroatoms. The number of nitrogens with two attached hydrogens (primary N) is 1. The molecule has 1 radical (unpaired) electrons. The van der Waals surface area contributed by atoms with Gasteiger partial charge in [-0.05, 0) is 12.1 Å². The highest BCUT2D eigenvalue weighted by Crippen LogP contribution is 2.28. The first-order valence-electron chi connectivity index (χ1n) is 5.43. The highest BCUT2D eigenvalue weighted by molar-refractivity contribution is 6.19. The van der Waals surface area contributed by atoms with E-state index in [2.05, 4.69) is 20.5 Å². The molecule has 6 nitrogen and oxygen atoms in total. The third-order valence-corrected chi connectivity index (χ3v) is 2.72. The van der Waals surface area contributed by atoms with Crippen LogP contribution in [0.4, 0.5) is 16.0 Å². The number of anilines is 1. The summed E-state index contributed by atoms with van der Waals surface area (Å²) in [6, 6.07) is 4.26. The minimum absolute atomic E-state index is 0.258. The van der Waals surface area contributed by atoms with Crippen LogP contribution in [0.25, 0.3) is 0 Å². The maximum Gasteiger partial charge on any atom is 0.189 e. The average Bonchev–Trinajstić information content (AvgIpc) is 2.83. The molecule has 1 aromatic heterocycles. The van der Waals surface area contributed by atoms with E-state index < -0.39 is 5.82 Å². The molecular formula is C12H9FN5O. The van der Waals surface area contributed by atoms with Crippen LogP contribution in [0, 0.1) is 5.82 Å². The fraction of sp³-hybridized carbons (Fsp3) is 0.0833. The second kappa shape index (κ2) is 4.20. The van der Waals surface area contributed by atoms with Crippen molar-refractivity contribution in [3.05, 3.63) is 41.5 Å². The Balaban J connectivity index is 2.14. The third kappa shape index (κ3) is 1.85. The largest absolute Gasteiger partial charge is 0.497 e. The van der Waals surface area contributed by atoms with Crippen molar-refractivity contribution in [3.63, 3.8) is 0 Å². The van der Waals surface area contributed by atoms with Gasteiger partial charge in [0, 0.05) is 11.6 Å². The molecule has 0 aliphatic carbocycles. The zero-order valence-corrected chi connectivity index (χ0v) is 9.96. The van der Waals surface area contributed by atoms with E-state index in [1.54, 1.807) is 6.07 Å². The van der Waals surface area contributed by atoms with E-state index in [0.29, 0.717) is 28.4 Å². The molecule has 1 aliphatic heterocycles. The second-order valence-electron chi connectivity index (χ2n) is 3.89. The van der Waals surface area contributed by atoms with Gasteiger partial charge in [0.15, 0.2) is 5.82 Å². The lowest BCUT2D eigenvalue weighted by Crippen LogP contribution is -2.07. The molecule has 0 atom stereocenters. The predicted molar refractivity (Wildman–Crippen MR) is 66.8 cm³/mol. The first kappa shape index (κ1) is 11.4. The van der Waals surface area contributed by atoms with E-state index in [1.165, 1.54) is 25.6 Å². The van der Waals surface area contributed by atoms with Gasteiger partial charge in [-0.25, -0.2) is 14.4 Å². The molecule has 0 unspecified atom stereocenters. The van der Waals surface area contributed by atoms with Crippen molar-refractivity contribution < 1.29 is 9.13 Å². The standard InChI is InChI=1S/C12H9FN5O/c1-19-8-3-6(2-7(13)4-8)10-9-11(14)15-5-16-12(9)18-17-10/h2-5H,1H3,(H2,14,15,16). The number of halogens is 1. The van der Waals surface area contributed by atoms with Crippen molar-refractivity contribution in [1.82, 2.24) is 15.4 Å². The van der Waals surface area contributed by atoms with Gasteiger partial charge in [-0.1, -0.05) is 0 Å². The highest BCUT2D eigenvalue weighted by Gasteiger charge is 2.24. The number of methoxy groups -OCH3 is 1. The summed E-state index contributed by atoms with van der Waals surface area (Å²) < 4.78 is 18.5. The van der Waals surface area contributed by atoms with Crippen LogP contribution in [0.5, 0.6) is 5.75 Å². The van der Waals surface area contributed by atoms with Gasteiger partial charge in [-0.15, -0.1) is 10.5 Å². The normalized spacial score (nSPS) is 12.6. The maximum absolute atomic E-state index is 13.5. The Morgan fingerprint density at radius 3 is 2.84 bits per heavy atom. The van der Waals surface area contributed by atoms with Gasteiger partial charge in [0.2, 0.25) is 0 Å². The Hall–Kier alpha value is -2.70. The number of rotatable bonds is 2. The summed E-state index contributed by atoms with van der Waals surface area (Å²) in [6.07, 6.45) is 1.31. The van der Waals surface area contributed by atoms with Gasteiger partial charge in [0.25, 0.3) is 0 Å². The fourth-order valence-corrected chi connectivity index (χ4v) is 1.86. The highest BCUT2D eigenvalue weighted by atomic mass is 19.1. The first-order chi connectivity index (χ1) is 9.19. The lowest BCUT2D eigenvalue weighted by atomic mass is 10.0. The quantitative estimate of drug-likeness (QED) is 0.876. The summed E-state index contributed by atoms with van der Waals surface area (Å²) in [4.78, 5) is 7.86. The molecule has 0 fully saturated rings. The van der Waals surface area contributed by atoms with Gasteiger partial charge in [-0.2, -0.15) is 0 Å². The van der Waals surface area contributed by atoms with E-state index in [0.717, 1.165) is 0 Å². The van der Waals surface area contributed by atoms with Gasteiger partial charge in [-0.3, -0.25) is 0 Å². The van der Waals surface area contributed by atoms with Crippen LogP contribution in [-0.2, 0) is 0 Å². The van der Waals surface area contributed by atoms with Crippen LogP contribution in [0.15, 0.2) is 29.6 Å². The number of benzene rings is 1. The number of nitrogens with zero attached hydrogens (tertiary/aromatic N) is 4. The van der Waals surface area contributed by atoms with Gasteiger partial charge in [0.1, 0.15) is 29.4 Å². The Bertz CT molecular complexity index is 686. The van der Waals surface area contributed by atoms with Gasteiger partial charge in [0.05, 0.1) is 12.7 Å². The Labute approximate surface area is 108 Å². The maximum atomic E-state index is 13.5. The average molecular weight is 258 g/mol. The summed E-state index contributed by atoms with van der Waals surface area (Å²) >= 11 is 0. The Morgan fingerprint density at radius 1 is 1.21 bits per heavy atom. The fourth-order valence-electron chi connectivity index (χ4n) is 1.86. The number of hydrogen-bond donors (Lipinski definition) is 1. The van der Waals surface area contributed by atoms with Crippen molar-refractivity contribution in [2.45, 2.75) is 0 Å². The van der Waals surface area contributed by atoms with Crippen LogP contribution in [0.2, 0.25) is 0 Å². The molecule has 0 amide bonds. The lowest BCUT2D eigenvalue weighted by Gasteiger charge is -2.06. The summed E-state index contributed by atoms with van der Waals surface area (Å²) in [6.45, 7) is 0. The van der Waals surface area contributed by atoms with Gasteiger partial charge >= 0.3 is 0 Å². The lowest BCUT2D eigenvalue weighted by molar-refractivity contribution is 0.411. The van der Waals surface area contributed by atoms with E-state index in [1.807, 2.05) is 0 Å². The molecule has 0 saturated heterocycles. The molecule has 1 aromatic carbocycles. The number of aromatic nitrogens is 2. The summed E-state index contributed by atoms with van der Waals surface area (Å²) in [5.74, 6) is 0.599. The predicted octanol–water partition coefficient (Wildman–Crippen LogP) is 1.21. The molecule has 0 bridgehead atoms. The Kier molecular flexibility index (Phi) is 2.52. The molecule has 3 rings (SSSR count). The number of hydrogen-bond acceptors (Lipinski definition) is 5. The summed E-state index contributed by atoms with van der Waals surface area (Å²) in [7, 11) is 1.46. The molecule has 95 valence electrons. The van der Waals surface area contributed by atoms with Crippen LogP contribution >= 0.6 is 0 Å². The van der Waals surface area contributed by atoms with Crippen LogP contribution in [0.1, 0.15) is 11.1 Å². The molecule has 2 heterocycles. The van der Waals surface area contributed by atoms with Crippen LogP contribution < -0.4 is 15.9 Å². The van der Waals surface area contributed by atoms with Crippen molar-refractivity contribution in [1.29, 1.82) is 0 Å².